The Kier molecular flexibility index (Phi) is 4.58. The summed E-state index contributed by atoms with van der Waals surface area (Å²) in [6.07, 6.45) is 6.99. The lowest BCUT2D eigenvalue weighted by molar-refractivity contribution is -0.139. The van der Waals surface area contributed by atoms with Crippen molar-refractivity contribution in [3.8, 4) is 0 Å². The summed E-state index contributed by atoms with van der Waals surface area (Å²) >= 11 is 0. The zero-order valence-electron chi connectivity index (χ0n) is 12.1. The van der Waals surface area contributed by atoms with E-state index in [1.54, 1.807) is 12.1 Å². The predicted molar refractivity (Wildman–Crippen MR) is 77.3 cm³/mol. The molecule has 0 unspecified atom stereocenters. The van der Waals surface area contributed by atoms with Crippen LogP contribution in [0, 0.1) is 11.2 Å². The van der Waals surface area contributed by atoms with Crippen LogP contribution >= 0.6 is 0 Å². The van der Waals surface area contributed by atoms with Gasteiger partial charge in [0.05, 0.1) is 6.42 Å². The molecule has 1 aromatic carbocycles. The third kappa shape index (κ3) is 3.09. The summed E-state index contributed by atoms with van der Waals surface area (Å²) in [6, 6.07) is 6.09. The molecule has 0 aromatic heterocycles. The minimum Gasteiger partial charge on any atom is -0.426 e. The van der Waals surface area contributed by atoms with Crippen molar-refractivity contribution < 1.29 is 13.9 Å². The molecule has 0 amide bonds. The number of halogens is 1. The smallest absolute Gasteiger partial charge is 0.312 e. The Morgan fingerprint density at radius 2 is 1.70 bits per heavy atom. The van der Waals surface area contributed by atoms with Crippen LogP contribution in [0.15, 0.2) is 30.3 Å². The van der Waals surface area contributed by atoms with Gasteiger partial charge in [0.2, 0.25) is 0 Å². The maximum atomic E-state index is 12.9. The van der Waals surface area contributed by atoms with Crippen molar-refractivity contribution in [3.63, 3.8) is 0 Å². The van der Waals surface area contributed by atoms with E-state index in [1.165, 1.54) is 25.0 Å². The van der Waals surface area contributed by atoms with Gasteiger partial charge in [-0.25, -0.2) is 4.39 Å². The lowest BCUT2D eigenvalue weighted by Gasteiger charge is -2.29. The van der Waals surface area contributed by atoms with Crippen LogP contribution in [0.1, 0.15) is 51.5 Å². The first-order valence-corrected chi connectivity index (χ1v) is 7.36. The Balaban J connectivity index is 0.000000704. The summed E-state index contributed by atoms with van der Waals surface area (Å²) in [6.45, 7) is 4.00. The van der Waals surface area contributed by atoms with E-state index in [0.29, 0.717) is 12.2 Å². The van der Waals surface area contributed by atoms with Crippen molar-refractivity contribution in [1.82, 2.24) is 0 Å². The lowest BCUT2D eigenvalue weighted by atomic mass is 9.80. The molecule has 3 rings (SSSR count). The van der Waals surface area contributed by atoms with Gasteiger partial charge in [0.15, 0.2) is 0 Å². The summed E-state index contributed by atoms with van der Waals surface area (Å²) in [7, 11) is 0. The Labute approximate surface area is 119 Å². The highest BCUT2D eigenvalue weighted by atomic mass is 19.1. The van der Waals surface area contributed by atoms with Crippen molar-refractivity contribution in [2.45, 2.75) is 46.0 Å². The van der Waals surface area contributed by atoms with E-state index < -0.39 is 0 Å². The summed E-state index contributed by atoms with van der Waals surface area (Å²) in [5.41, 5.74) is 0.759. The van der Waals surface area contributed by atoms with Gasteiger partial charge in [-0.15, -0.1) is 0 Å². The van der Waals surface area contributed by atoms with E-state index in [1.807, 2.05) is 13.8 Å². The zero-order valence-corrected chi connectivity index (χ0v) is 12.1. The molecule has 1 saturated carbocycles. The van der Waals surface area contributed by atoms with Gasteiger partial charge in [-0.3, -0.25) is 4.79 Å². The fourth-order valence-corrected chi connectivity index (χ4v) is 2.96. The molecule has 2 aliphatic rings. The maximum Gasteiger partial charge on any atom is 0.312 e. The van der Waals surface area contributed by atoms with Gasteiger partial charge in [0.1, 0.15) is 11.6 Å². The van der Waals surface area contributed by atoms with Crippen LogP contribution < -0.4 is 0 Å². The van der Waals surface area contributed by atoms with Gasteiger partial charge in [-0.05, 0) is 43.2 Å². The standard InChI is InChI=1S/C15H15FO2.C2H6/c16-12-5-3-11(4-6-12)13-9-15(7-1-2-8-15)10-14(17)18-13;1-2/h3-6,9H,1-2,7-8,10H2;1-2H3. The molecule has 1 spiro atoms. The average Bonchev–Trinajstić information content (AvgIpc) is 2.88. The van der Waals surface area contributed by atoms with Crippen molar-refractivity contribution in [1.29, 1.82) is 0 Å². The van der Waals surface area contributed by atoms with Crippen LogP contribution in [0.3, 0.4) is 0 Å². The molecule has 1 aliphatic heterocycles. The molecule has 1 fully saturated rings. The third-order valence-corrected chi connectivity index (χ3v) is 3.89. The van der Waals surface area contributed by atoms with Crippen molar-refractivity contribution in [2.75, 3.05) is 0 Å². The Morgan fingerprint density at radius 1 is 1.10 bits per heavy atom. The number of esters is 1. The lowest BCUT2D eigenvalue weighted by Crippen LogP contribution is -2.25. The van der Waals surface area contributed by atoms with Gasteiger partial charge < -0.3 is 4.74 Å². The number of carbonyl (C=O) groups is 1. The number of carbonyl (C=O) groups excluding carboxylic acids is 1. The summed E-state index contributed by atoms with van der Waals surface area (Å²) in [5.74, 6) is 0.143. The van der Waals surface area contributed by atoms with Gasteiger partial charge >= 0.3 is 5.97 Å². The molecular formula is C17H21FO2. The Bertz CT molecular complexity index is 496. The SMILES string of the molecule is CC.O=C1CC2(C=C(c3ccc(F)cc3)O1)CCCC2. The second kappa shape index (κ2) is 6.21. The predicted octanol–water partition coefficient (Wildman–Crippen LogP) is 4.70. The van der Waals surface area contributed by atoms with Gasteiger partial charge in [-0.2, -0.15) is 0 Å². The van der Waals surface area contributed by atoms with E-state index in [4.69, 9.17) is 4.74 Å². The quantitative estimate of drug-likeness (QED) is 0.695. The minimum absolute atomic E-state index is 0.0148. The van der Waals surface area contributed by atoms with Gasteiger partial charge in [-0.1, -0.05) is 26.7 Å². The highest BCUT2D eigenvalue weighted by Crippen LogP contribution is 2.46. The molecule has 3 heteroatoms. The monoisotopic (exact) mass is 276 g/mol. The topological polar surface area (TPSA) is 26.3 Å². The Hall–Kier alpha value is -1.64. The van der Waals surface area contributed by atoms with Crippen LogP contribution in [0.5, 0.6) is 0 Å². The van der Waals surface area contributed by atoms with Crippen LogP contribution in [-0.4, -0.2) is 5.97 Å². The fraction of sp³-hybridized carbons (Fsp3) is 0.471. The number of cyclic esters (lactones) is 1. The van der Waals surface area contributed by atoms with Crippen LogP contribution in [-0.2, 0) is 9.53 Å². The number of hydrogen-bond donors (Lipinski definition) is 0. The minimum atomic E-state index is -0.280. The number of benzene rings is 1. The number of allylic oxidation sites excluding steroid dienone is 1. The first-order valence-electron chi connectivity index (χ1n) is 7.36. The molecule has 0 saturated heterocycles. The van der Waals surface area contributed by atoms with E-state index in [-0.39, 0.29) is 17.2 Å². The first kappa shape index (κ1) is 14.8. The second-order valence-electron chi connectivity index (χ2n) is 5.24. The fourth-order valence-electron chi connectivity index (χ4n) is 2.96. The van der Waals surface area contributed by atoms with Crippen molar-refractivity contribution in [3.05, 3.63) is 41.7 Å². The van der Waals surface area contributed by atoms with Crippen LogP contribution in [0.2, 0.25) is 0 Å². The molecular weight excluding hydrogens is 255 g/mol. The molecule has 0 bridgehead atoms. The van der Waals surface area contributed by atoms with E-state index in [2.05, 4.69) is 6.08 Å². The molecule has 2 nitrogen and oxygen atoms in total. The molecule has 0 atom stereocenters. The first-order chi connectivity index (χ1) is 9.67. The average molecular weight is 276 g/mol. The molecule has 0 radical (unpaired) electrons. The third-order valence-electron chi connectivity index (χ3n) is 3.89. The van der Waals surface area contributed by atoms with Gasteiger partial charge in [0, 0.05) is 11.0 Å². The van der Waals surface area contributed by atoms with E-state index >= 15 is 0 Å². The highest BCUT2D eigenvalue weighted by Gasteiger charge is 2.38. The molecule has 20 heavy (non-hydrogen) atoms. The number of rotatable bonds is 1. The maximum absolute atomic E-state index is 12.9. The molecule has 0 N–H and O–H groups in total. The van der Waals surface area contributed by atoms with E-state index in [0.717, 1.165) is 18.4 Å². The molecule has 1 aliphatic carbocycles. The molecule has 1 heterocycles. The second-order valence-corrected chi connectivity index (χ2v) is 5.24. The van der Waals surface area contributed by atoms with Crippen LogP contribution in [0.4, 0.5) is 4.39 Å². The summed E-state index contributed by atoms with van der Waals surface area (Å²) in [4.78, 5) is 11.7. The normalized spacial score (nSPS) is 19.9. The number of ether oxygens (including phenoxy) is 1. The summed E-state index contributed by atoms with van der Waals surface area (Å²) in [5, 5.41) is 0. The highest BCUT2D eigenvalue weighted by molar-refractivity contribution is 5.82. The van der Waals surface area contributed by atoms with Crippen molar-refractivity contribution in [2.24, 2.45) is 5.41 Å². The molecule has 108 valence electrons. The molecule has 1 aromatic rings. The zero-order chi connectivity index (χ0) is 14.6. The largest absolute Gasteiger partial charge is 0.426 e. The van der Waals surface area contributed by atoms with Crippen LogP contribution in [0.25, 0.3) is 5.76 Å². The van der Waals surface area contributed by atoms with Gasteiger partial charge in [0.25, 0.3) is 0 Å². The van der Waals surface area contributed by atoms with Crippen molar-refractivity contribution >= 4 is 11.7 Å². The summed E-state index contributed by atoms with van der Waals surface area (Å²) < 4.78 is 18.2. The van der Waals surface area contributed by atoms with E-state index in [9.17, 15) is 9.18 Å². The Morgan fingerprint density at radius 3 is 2.30 bits per heavy atom. The number of hydrogen-bond acceptors (Lipinski definition) is 2.